The summed E-state index contributed by atoms with van der Waals surface area (Å²) in [5.74, 6) is 1.83. The second-order valence-corrected chi connectivity index (χ2v) is 13.0. The van der Waals surface area contributed by atoms with E-state index in [-0.39, 0.29) is 0 Å². The maximum Gasteiger partial charge on any atom is 0.251 e. The highest BCUT2D eigenvalue weighted by Crippen LogP contribution is 2.58. The van der Waals surface area contributed by atoms with Crippen molar-refractivity contribution in [2.45, 2.75) is 104 Å². The molecule has 2 aromatic heterocycles. The fourth-order valence-electron chi connectivity index (χ4n) is 7.21. The standard InChI is InChI=1S/C30H45N5O4/c1-18(10-13-30(5)19(2)8-9-20-21(30)7-6-12-29(20,3)4)11-14-34-16-33-27-23(26(34)31)32-17-35(27)28-25(38)24(37)22(15-36)39-28/h9,11,16-17,19,21-22,24-25,28,31,36-38H,6-8,10,12-15H2,1-5H3/p+1/b18-11+/t19-,21+,22+,24+,25+,28+,30+/m0/s1. The van der Waals surface area contributed by atoms with Crippen LogP contribution in [-0.2, 0) is 11.3 Å². The van der Waals surface area contributed by atoms with Gasteiger partial charge in [-0.15, -0.1) is 0 Å². The van der Waals surface area contributed by atoms with E-state index in [1.54, 1.807) is 16.5 Å². The number of anilines is 1. The highest BCUT2D eigenvalue weighted by Gasteiger charge is 2.48. The van der Waals surface area contributed by atoms with Crippen molar-refractivity contribution >= 4 is 17.0 Å². The van der Waals surface area contributed by atoms with Crippen LogP contribution < -0.4 is 10.3 Å². The Morgan fingerprint density at radius 3 is 2.74 bits per heavy atom. The first-order valence-electron chi connectivity index (χ1n) is 14.5. The number of fused-ring (bicyclic) bond motifs is 2. The van der Waals surface area contributed by atoms with Crippen LogP contribution >= 0.6 is 0 Å². The molecule has 3 aliphatic rings. The predicted octanol–water partition coefficient (Wildman–Crippen LogP) is 3.44. The van der Waals surface area contributed by atoms with Crippen LogP contribution in [0.1, 0.15) is 79.4 Å². The number of hydrogen-bond acceptors (Lipinski definition) is 7. The van der Waals surface area contributed by atoms with Gasteiger partial charge in [-0.1, -0.05) is 62.4 Å². The average Bonchev–Trinajstić information content (AvgIpc) is 3.45. The van der Waals surface area contributed by atoms with Gasteiger partial charge in [0.05, 0.1) is 13.2 Å². The third kappa shape index (κ3) is 4.92. The molecule has 5 N–H and O–H groups in total. The number of imidazole rings is 1. The molecule has 1 saturated heterocycles. The van der Waals surface area contributed by atoms with Crippen LogP contribution in [0.2, 0.25) is 0 Å². The van der Waals surface area contributed by atoms with Gasteiger partial charge in [-0.05, 0) is 61.7 Å². The molecule has 3 heterocycles. The fourth-order valence-corrected chi connectivity index (χ4v) is 7.21. The molecule has 2 aromatic rings. The lowest BCUT2D eigenvalue weighted by molar-refractivity contribution is -0.674. The van der Waals surface area contributed by atoms with Gasteiger partial charge in [-0.2, -0.15) is 0 Å². The summed E-state index contributed by atoms with van der Waals surface area (Å²) in [5, 5.41) is 30.0. The summed E-state index contributed by atoms with van der Waals surface area (Å²) in [6.07, 6.45) is 11.1. The maximum atomic E-state index is 10.4. The van der Waals surface area contributed by atoms with E-state index < -0.39 is 31.1 Å². The number of aromatic nitrogens is 4. The highest BCUT2D eigenvalue weighted by atomic mass is 16.6. The molecular formula is C30H46N5O4+. The molecule has 39 heavy (non-hydrogen) atoms. The molecule has 0 bridgehead atoms. The Bertz CT molecular complexity index is 1270. The van der Waals surface area contributed by atoms with Gasteiger partial charge in [0.2, 0.25) is 12.0 Å². The quantitative estimate of drug-likeness (QED) is 0.313. The minimum atomic E-state index is -1.21. The second-order valence-electron chi connectivity index (χ2n) is 13.0. The second kappa shape index (κ2) is 10.6. The van der Waals surface area contributed by atoms with Crippen molar-refractivity contribution in [1.29, 1.82) is 0 Å². The van der Waals surface area contributed by atoms with Gasteiger partial charge in [0.25, 0.3) is 5.82 Å². The van der Waals surface area contributed by atoms with Gasteiger partial charge in [-0.3, -0.25) is 4.57 Å². The molecular weight excluding hydrogens is 494 g/mol. The van der Waals surface area contributed by atoms with Crippen molar-refractivity contribution in [2.75, 3.05) is 12.3 Å². The van der Waals surface area contributed by atoms with Crippen LogP contribution in [0, 0.1) is 22.7 Å². The van der Waals surface area contributed by atoms with Crippen LogP contribution in [0.3, 0.4) is 0 Å². The molecule has 0 amide bonds. The van der Waals surface area contributed by atoms with Crippen molar-refractivity contribution in [3.05, 3.63) is 36.0 Å². The van der Waals surface area contributed by atoms with E-state index in [9.17, 15) is 15.3 Å². The third-order valence-electron chi connectivity index (χ3n) is 10.2. The number of rotatable bonds is 7. The minimum Gasteiger partial charge on any atom is -0.394 e. The van der Waals surface area contributed by atoms with E-state index in [1.165, 1.54) is 44.0 Å². The van der Waals surface area contributed by atoms with Gasteiger partial charge < -0.3 is 25.8 Å². The van der Waals surface area contributed by atoms with Crippen LogP contribution in [-0.4, -0.2) is 54.8 Å². The van der Waals surface area contributed by atoms with Crippen molar-refractivity contribution in [3.8, 4) is 0 Å². The van der Waals surface area contributed by atoms with E-state index >= 15 is 0 Å². The molecule has 9 heteroatoms. The number of nitrogens with zero attached hydrogens (tertiary/aromatic N) is 4. The summed E-state index contributed by atoms with van der Waals surface area (Å²) in [4.78, 5) is 8.97. The zero-order valence-electron chi connectivity index (χ0n) is 24.0. The number of allylic oxidation sites excluding steroid dienone is 4. The summed E-state index contributed by atoms with van der Waals surface area (Å²) in [6.45, 7) is 12.2. The Morgan fingerprint density at radius 2 is 2.03 bits per heavy atom. The number of hydrogen-bond donors (Lipinski definition) is 4. The summed E-state index contributed by atoms with van der Waals surface area (Å²) < 4.78 is 9.07. The van der Waals surface area contributed by atoms with Crippen molar-refractivity contribution < 1.29 is 24.6 Å². The smallest absolute Gasteiger partial charge is 0.251 e. The normalized spacial score (nSPS) is 34.8. The summed E-state index contributed by atoms with van der Waals surface area (Å²) in [6, 6.07) is 0. The Morgan fingerprint density at radius 1 is 1.26 bits per heavy atom. The molecule has 9 nitrogen and oxygen atoms in total. The molecule has 7 atom stereocenters. The zero-order chi connectivity index (χ0) is 28.1. The monoisotopic (exact) mass is 540 g/mol. The summed E-state index contributed by atoms with van der Waals surface area (Å²) in [5.41, 5.74) is 11.1. The first kappa shape index (κ1) is 28.2. The van der Waals surface area contributed by atoms with Crippen LogP contribution in [0.4, 0.5) is 5.82 Å². The highest BCUT2D eigenvalue weighted by molar-refractivity contribution is 5.79. The SMILES string of the molecule is C/C(=C\C[n+]1cnc2c(ncn2[C@@H]2O[C@H](CO)[C@@H](O)[C@H]2O)c1N)CC[C@@]1(C)[C@@H]2CCCC(C)(C)C2=CC[C@@H]1C. The van der Waals surface area contributed by atoms with Gasteiger partial charge >= 0.3 is 0 Å². The number of aliphatic hydroxyl groups excluding tert-OH is 3. The first-order valence-corrected chi connectivity index (χ1v) is 14.5. The lowest BCUT2D eigenvalue weighted by Gasteiger charge is -2.53. The lowest BCUT2D eigenvalue weighted by atomic mass is 9.52. The Balaban J connectivity index is 1.28. The van der Waals surface area contributed by atoms with Gasteiger partial charge in [-0.25, -0.2) is 9.55 Å². The number of aliphatic hydroxyl groups is 3. The van der Waals surface area contributed by atoms with Gasteiger partial charge in [0, 0.05) is 0 Å². The summed E-state index contributed by atoms with van der Waals surface area (Å²) >= 11 is 0. The van der Waals surface area contributed by atoms with Gasteiger partial charge in [0.1, 0.15) is 24.6 Å². The zero-order valence-corrected chi connectivity index (χ0v) is 24.0. The van der Waals surface area contributed by atoms with Crippen LogP contribution in [0.5, 0.6) is 0 Å². The summed E-state index contributed by atoms with van der Waals surface area (Å²) in [7, 11) is 0. The molecule has 0 spiro atoms. The molecule has 0 unspecified atom stereocenters. The van der Waals surface area contributed by atoms with E-state index in [2.05, 4.69) is 56.7 Å². The Labute approximate surface area is 231 Å². The van der Waals surface area contributed by atoms with Crippen molar-refractivity contribution in [2.24, 2.45) is 22.7 Å². The average molecular weight is 541 g/mol. The first-order chi connectivity index (χ1) is 18.5. The Kier molecular flexibility index (Phi) is 7.65. The molecule has 1 saturated carbocycles. The Hall–Kier alpha value is -2.33. The van der Waals surface area contributed by atoms with Gasteiger partial charge in [0.15, 0.2) is 11.7 Å². The predicted molar refractivity (Wildman–Crippen MR) is 149 cm³/mol. The fraction of sp³-hybridized carbons (Fsp3) is 0.700. The molecule has 0 aromatic carbocycles. The molecule has 5 rings (SSSR count). The third-order valence-corrected chi connectivity index (χ3v) is 10.2. The maximum absolute atomic E-state index is 10.4. The molecule has 214 valence electrons. The van der Waals surface area contributed by atoms with E-state index in [1.807, 2.05) is 4.57 Å². The van der Waals surface area contributed by atoms with E-state index in [4.69, 9.17) is 10.5 Å². The van der Waals surface area contributed by atoms with E-state index in [0.717, 1.165) is 6.42 Å². The van der Waals surface area contributed by atoms with Crippen molar-refractivity contribution in [3.63, 3.8) is 0 Å². The molecule has 1 aliphatic heterocycles. The minimum absolute atomic E-state index is 0.311. The van der Waals surface area contributed by atoms with E-state index in [0.29, 0.717) is 46.2 Å². The molecule has 2 aliphatic carbocycles. The van der Waals surface area contributed by atoms with Crippen LogP contribution in [0.25, 0.3) is 11.2 Å². The number of nitrogen functional groups attached to an aromatic ring is 1. The molecule has 0 radical (unpaired) electrons. The number of ether oxygens (including phenoxy) is 1. The number of nitrogens with two attached hydrogens (primary N) is 1. The topological polar surface area (TPSA) is 131 Å². The van der Waals surface area contributed by atoms with Crippen molar-refractivity contribution in [1.82, 2.24) is 14.5 Å². The molecule has 2 fully saturated rings. The lowest BCUT2D eigenvalue weighted by Crippen LogP contribution is -2.43. The van der Waals surface area contributed by atoms with Crippen LogP contribution in [0.15, 0.2) is 36.0 Å². The largest absolute Gasteiger partial charge is 0.394 e.